The number of nitrogens with zero attached hydrogens (tertiary/aromatic N) is 2. The number of hydrogen-bond donors (Lipinski definition) is 1. The van der Waals surface area contributed by atoms with Gasteiger partial charge in [0.25, 0.3) is 0 Å². The average Bonchev–Trinajstić information content (AvgIpc) is 2.88. The number of Topliss-reactive ketones (excluding diaryl/α,β-unsaturated/α-hetero) is 1. The largest absolute Gasteiger partial charge is 0.314 e. The molecular formula is C17H11N3O2S. The van der Waals surface area contributed by atoms with Gasteiger partial charge in [0.15, 0.2) is 5.11 Å². The van der Waals surface area contributed by atoms with Gasteiger partial charge in [-0.2, -0.15) is 5.26 Å². The molecule has 0 saturated carbocycles. The van der Waals surface area contributed by atoms with Gasteiger partial charge in [0, 0.05) is 11.8 Å². The van der Waals surface area contributed by atoms with E-state index in [2.05, 4.69) is 5.32 Å². The molecule has 1 aliphatic heterocycles. The van der Waals surface area contributed by atoms with Crippen molar-refractivity contribution in [3.05, 3.63) is 59.8 Å². The number of rotatable bonds is 3. The van der Waals surface area contributed by atoms with Crippen molar-refractivity contribution in [1.82, 2.24) is 10.2 Å². The molecule has 0 aliphatic carbocycles. The Hall–Kier alpha value is -3.04. The van der Waals surface area contributed by atoms with Crippen LogP contribution in [0.3, 0.4) is 0 Å². The van der Waals surface area contributed by atoms with Gasteiger partial charge in [-0.05, 0) is 29.1 Å². The van der Waals surface area contributed by atoms with Gasteiger partial charge in [-0.3, -0.25) is 9.59 Å². The van der Waals surface area contributed by atoms with Crippen LogP contribution in [0.2, 0.25) is 0 Å². The first-order valence-corrected chi connectivity index (χ1v) is 7.25. The number of nitriles is 1. The minimum absolute atomic E-state index is 0.00894. The maximum absolute atomic E-state index is 12.5. The van der Waals surface area contributed by atoms with E-state index >= 15 is 0 Å². The number of benzene rings is 2. The molecule has 0 bridgehead atoms. The van der Waals surface area contributed by atoms with Gasteiger partial charge < -0.3 is 10.2 Å². The summed E-state index contributed by atoms with van der Waals surface area (Å²) in [5.41, 5.74) is 0.347. The molecule has 6 heteroatoms. The highest BCUT2D eigenvalue weighted by Crippen LogP contribution is 2.18. The number of amides is 1. The van der Waals surface area contributed by atoms with E-state index < -0.39 is 5.78 Å². The average molecular weight is 321 g/mol. The molecule has 1 heterocycles. The Morgan fingerprint density at radius 2 is 2.00 bits per heavy atom. The van der Waals surface area contributed by atoms with Gasteiger partial charge in [-0.1, -0.05) is 36.4 Å². The lowest BCUT2D eigenvalue weighted by atomic mass is 10.0. The van der Waals surface area contributed by atoms with E-state index in [1.807, 2.05) is 36.4 Å². The molecule has 0 spiro atoms. The quantitative estimate of drug-likeness (QED) is 0.406. The molecule has 1 saturated heterocycles. The first kappa shape index (κ1) is 14.9. The van der Waals surface area contributed by atoms with Crippen molar-refractivity contribution in [2.45, 2.75) is 0 Å². The summed E-state index contributed by atoms with van der Waals surface area (Å²) >= 11 is 4.98. The topological polar surface area (TPSA) is 73.2 Å². The molecule has 0 radical (unpaired) electrons. The van der Waals surface area contributed by atoms with Crippen LogP contribution in [0.4, 0.5) is 0 Å². The summed E-state index contributed by atoms with van der Waals surface area (Å²) in [6.07, 6.45) is 1.32. The van der Waals surface area contributed by atoms with E-state index in [0.717, 1.165) is 10.8 Å². The molecule has 1 aliphatic rings. The van der Waals surface area contributed by atoms with Crippen molar-refractivity contribution in [3.8, 4) is 6.07 Å². The summed E-state index contributed by atoms with van der Waals surface area (Å²) in [5, 5.41) is 13.8. The van der Waals surface area contributed by atoms with Gasteiger partial charge in [0.05, 0.1) is 0 Å². The highest BCUT2D eigenvalue weighted by molar-refractivity contribution is 7.80. The fourth-order valence-corrected chi connectivity index (χ4v) is 2.57. The Labute approximate surface area is 137 Å². The van der Waals surface area contributed by atoms with Gasteiger partial charge >= 0.3 is 0 Å². The van der Waals surface area contributed by atoms with Crippen LogP contribution in [-0.4, -0.2) is 28.2 Å². The van der Waals surface area contributed by atoms with Crippen molar-refractivity contribution in [1.29, 1.82) is 5.26 Å². The maximum Gasteiger partial charge on any atom is 0.246 e. The van der Waals surface area contributed by atoms with Crippen LogP contribution in [0.5, 0.6) is 0 Å². The van der Waals surface area contributed by atoms with Gasteiger partial charge in [0.1, 0.15) is 18.2 Å². The number of nitrogens with one attached hydrogen (secondary N) is 1. The van der Waals surface area contributed by atoms with Crippen LogP contribution in [0.1, 0.15) is 10.4 Å². The molecule has 1 amide bonds. The van der Waals surface area contributed by atoms with Crippen molar-refractivity contribution < 1.29 is 9.59 Å². The maximum atomic E-state index is 12.5. The molecule has 2 aromatic carbocycles. The molecule has 5 nitrogen and oxygen atoms in total. The van der Waals surface area contributed by atoms with Crippen LogP contribution in [0.15, 0.2) is 54.2 Å². The number of carbonyl (C=O) groups excluding carboxylic acids is 2. The number of carbonyl (C=O) groups is 2. The fraction of sp³-hybridized carbons (Fsp3) is 0.0588. The van der Waals surface area contributed by atoms with Crippen molar-refractivity contribution in [2.24, 2.45) is 0 Å². The van der Waals surface area contributed by atoms with Crippen LogP contribution in [0.25, 0.3) is 10.8 Å². The summed E-state index contributed by atoms with van der Waals surface area (Å²) in [6, 6.07) is 14.8. The van der Waals surface area contributed by atoms with Crippen LogP contribution < -0.4 is 5.32 Å². The van der Waals surface area contributed by atoms with E-state index in [0.29, 0.717) is 5.56 Å². The standard InChI is InChI=1S/C17H11N3O2S/c18-8-14(9-20-10-15(21)19-17(20)23)16(22)13-6-5-11-3-1-2-4-12(11)7-13/h1-7,9H,10H2,(H,19,21,23). The summed E-state index contributed by atoms with van der Waals surface area (Å²) < 4.78 is 0. The predicted molar refractivity (Wildman–Crippen MR) is 89.4 cm³/mol. The lowest BCUT2D eigenvalue weighted by molar-refractivity contribution is -0.118. The van der Waals surface area contributed by atoms with Crippen molar-refractivity contribution >= 4 is 39.8 Å². The van der Waals surface area contributed by atoms with Crippen molar-refractivity contribution in [2.75, 3.05) is 6.54 Å². The number of thiocarbonyl (C=S) groups is 1. The van der Waals surface area contributed by atoms with Crippen molar-refractivity contribution in [3.63, 3.8) is 0 Å². The Balaban J connectivity index is 1.94. The molecule has 3 rings (SSSR count). The number of ketones is 1. The third kappa shape index (κ3) is 2.96. The number of allylic oxidation sites excluding steroid dienone is 1. The molecule has 0 aromatic heterocycles. The predicted octanol–water partition coefficient (Wildman–Crippen LogP) is 2.15. The minimum atomic E-state index is -0.402. The highest BCUT2D eigenvalue weighted by atomic mass is 32.1. The SMILES string of the molecule is N#CC(=CN1CC(=O)NC1=S)C(=O)c1ccc2ccccc2c1. The monoisotopic (exact) mass is 321 g/mol. The molecular weight excluding hydrogens is 310 g/mol. The zero-order chi connectivity index (χ0) is 16.4. The fourth-order valence-electron chi connectivity index (χ4n) is 2.34. The lowest BCUT2D eigenvalue weighted by Gasteiger charge is -2.10. The number of fused-ring (bicyclic) bond motifs is 1. The summed E-state index contributed by atoms with van der Waals surface area (Å²) in [4.78, 5) is 25.2. The van der Waals surface area contributed by atoms with Gasteiger partial charge in [0.2, 0.25) is 11.7 Å². The third-order valence-corrected chi connectivity index (χ3v) is 3.82. The first-order chi connectivity index (χ1) is 11.1. The molecule has 0 unspecified atom stereocenters. The Morgan fingerprint density at radius 1 is 1.26 bits per heavy atom. The Bertz CT molecular complexity index is 911. The molecule has 2 aromatic rings. The van der Waals surface area contributed by atoms with E-state index in [1.165, 1.54) is 11.1 Å². The first-order valence-electron chi connectivity index (χ1n) is 6.84. The van der Waals surface area contributed by atoms with Gasteiger partial charge in [-0.25, -0.2) is 0 Å². The Morgan fingerprint density at radius 3 is 2.65 bits per heavy atom. The number of hydrogen-bond acceptors (Lipinski definition) is 4. The van der Waals surface area contributed by atoms with Crippen LogP contribution in [0, 0.1) is 11.3 Å². The minimum Gasteiger partial charge on any atom is -0.314 e. The third-order valence-electron chi connectivity index (χ3n) is 3.48. The highest BCUT2D eigenvalue weighted by Gasteiger charge is 2.23. The Kier molecular flexibility index (Phi) is 3.87. The second-order valence-corrected chi connectivity index (χ2v) is 5.41. The lowest BCUT2D eigenvalue weighted by Crippen LogP contribution is -2.24. The summed E-state index contributed by atoms with van der Waals surface area (Å²) in [5.74, 6) is -0.665. The second-order valence-electron chi connectivity index (χ2n) is 5.03. The molecule has 23 heavy (non-hydrogen) atoms. The smallest absolute Gasteiger partial charge is 0.246 e. The zero-order valence-corrected chi connectivity index (χ0v) is 12.8. The van der Waals surface area contributed by atoms with E-state index in [-0.39, 0.29) is 23.1 Å². The molecule has 112 valence electrons. The second kappa shape index (κ2) is 5.99. The normalized spacial score (nSPS) is 14.7. The van der Waals surface area contributed by atoms with Crippen LogP contribution in [-0.2, 0) is 4.79 Å². The van der Waals surface area contributed by atoms with Gasteiger partial charge in [-0.15, -0.1) is 0 Å². The van der Waals surface area contributed by atoms with Crippen LogP contribution >= 0.6 is 12.2 Å². The van der Waals surface area contributed by atoms with E-state index in [4.69, 9.17) is 12.2 Å². The van der Waals surface area contributed by atoms with E-state index in [1.54, 1.807) is 12.1 Å². The van der Waals surface area contributed by atoms with E-state index in [9.17, 15) is 14.9 Å². The zero-order valence-electron chi connectivity index (χ0n) is 11.9. The summed E-state index contributed by atoms with van der Waals surface area (Å²) in [6.45, 7) is 0.00894. The molecule has 1 fully saturated rings. The molecule has 1 N–H and O–H groups in total. The molecule has 0 atom stereocenters. The summed E-state index contributed by atoms with van der Waals surface area (Å²) in [7, 11) is 0.